The summed E-state index contributed by atoms with van der Waals surface area (Å²) in [6, 6.07) is 2.20. The number of aryl methyl sites for hydroxylation is 2. The molecule has 0 spiro atoms. The first-order chi connectivity index (χ1) is 10.0. The summed E-state index contributed by atoms with van der Waals surface area (Å²) in [5.41, 5.74) is 1.03. The molecule has 21 heavy (non-hydrogen) atoms. The highest BCUT2D eigenvalue weighted by Gasteiger charge is 2.26. The zero-order valence-corrected chi connectivity index (χ0v) is 13.2. The fourth-order valence-corrected chi connectivity index (χ4v) is 3.04. The van der Waals surface area contributed by atoms with Crippen LogP contribution in [-0.4, -0.2) is 35.7 Å². The molecule has 1 aliphatic carbocycles. The molecule has 1 aromatic rings. The number of aliphatic hydroxyl groups excluding tert-OH is 1. The number of hydrogen-bond donors (Lipinski definition) is 2. The molecule has 5 heteroatoms. The Morgan fingerprint density at radius 3 is 2.57 bits per heavy atom. The third-order valence-corrected chi connectivity index (χ3v) is 4.52. The third-order valence-electron chi connectivity index (χ3n) is 4.52. The Bertz CT molecular complexity index is 476. The molecule has 1 heterocycles. The van der Waals surface area contributed by atoms with Crippen molar-refractivity contribution in [3.05, 3.63) is 23.2 Å². The van der Waals surface area contributed by atoms with Crippen LogP contribution in [-0.2, 0) is 6.54 Å². The summed E-state index contributed by atoms with van der Waals surface area (Å²) in [5, 5.41) is 12.1. The molecule has 1 fully saturated rings. The Kier molecular flexibility index (Phi) is 5.28. The van der Waals surface area contributed by atoms with Gasteiger partial charge < -0.3 is 19.7 Å². The summed E-state index contributed by atoms with van der Waals surface area (Å²) >= 11 is 0. The molecule has 2 N–H and O–H groups in total. The van der Waals surface area contributed by atoms with E-state index in [-0.39, 0.29) is 18.7 Å². The molecule has 0 saturated heterocycles. The summed E-state index contributed by atoms with van der Waals surface area (Å²) in [5.74, 6) is 2.14. The molecule has 2 rings (SSSR count). The molecule has 0 bridgehead atoms. The van der Waals surface area contributed by atoms with Crippen molar-refractivity contribution in [2.45, 2.75) is 52.1 Å². The lowest BCUT2D eigenvalue weighted by Crippen LogP contribution is -2.45. The van der Waals surface area contributed by atoms with Crippen LogP contribution in [0, 0.1) is 19.8 Å². The van der Waals surface area contributed by atoms with Gasteiger partial charge in [-0.05, 0) is 51.5 Å². The van der Waals surface area contributed by atoms with Crippen molar-refractivity contribution in [3.63, 3.8) is 0 Å². The summed E-state index contributed by atoms with van der Waals surface area (Å²) in [6.45, 7) is 4.58. The molecule has 0 aliphatic heterocycles. The van der Waals surface area contributed by atoms with Gasteiger partial charge >= 0.3 is 6.03 Å². The van der Waals surface area contributed by atoms with Gasteiger partial charge in [0.05, 0.1) is 0 Å². The SMILES string of the molecule is Cc1cc(CNC(=O)N(C)C2CCC(CO)CC2)c(C)o1. The normalized spacial score (nSPS) is 22.1. The minimum absolute atomic E-state index is 0.0410. The molecule has 118 valence electrons. The van der Waals surface area contributed by atoms with Gasteiger partial charge in [0.25, 0.3) is 0 Å². The fourth-order valence-electron chi connectivity index (χ4n) is 3.04. The second-order valence-electron chi connectivity index (χ2n) is 6.07. The fraction of sp³-hybridized carbons (Fsp3) is 0.688. The minimum atomic E-state index is -0.0410. The van der Waals surface area contributed by atoms with Crippen molar-refractivity contribution >= 4 is 6.03 Å². The molecule has 0 unspecified atom stereocenters. The first-order valence-electron chi connectivity index (χ1n) is 7.68. The standard InChI is InChI=1S/C16H26N2O3/c1-11-8-14(12(2)21-11)9-17-16(20)18(3)15-6-4-13(10-19)5-7-15/h8,13,15,19H,4-7,9-10H2,1-3H3,(H,17,20). The smallest absolute Gasteiger partial charge is 0.317 e. The minimum Gasteiger partial charge on any atom is -0.466 e. The van der Waals surface area contributed by atoms with Gasteiger partial charge in [-0.1, -0.05) is 0 Å². The van der Waals surface area contributed by atoms with Gasteiger partial charge in [-0.3, -0.25) is 0 Å². The van der Waals surface area contributed by atoms with Crippen LogP contribution in [0.15, 0.2) is 10.5 Å². The quantitative estimate of drug-likeness (QED) is 0.897. The largest absolute Gasteiger partial charge is 0.466 e. The van der Waals surface area contributed by atoms with E-state index in [1.165, 1.54) is 0 Å². The summed E-state index contributed by atoms with van der Waals surface area (Å²) in [7, 11) is 1.85. The summed E-state index contributed by atoms with van der Waals surface area (Å²) < 4.78 is 5.46. The zero-order chi connectivity index (χ0) is 15.4. The van der Waals surface area contributed by atoms with Crippen molar-refractivity contribution in [2.75, 3.05) is 13.7 Å². The van der Waals surface area contributed by atoms with Gasteiger partial charge in [-0.25, -0.2) is 4.79 Å². The lowest BCUT2D eigenvalue weighted by Gasteiger charge is -2.34. The Hall–Kier alpha value is -1.49. The lowest BCUT2D eigenvalue weighted by atomic mass is 9.86. The van der Waals surface area contributed by atoms with Crippen LogP contribution in [0.25, 0.3) is 0 Å². The van der Waals surface area contributed by atoms with Crippen LogP contribution >= 0.6 is 0 Å². The van der Waals surface area contributed by atoms with E-state index in [9.17, 15) is 4.79 Å². The zero-order valence-electron chi connectivity index (χ0n) is 13.2. The number of rotatable bonds is 4. The van der Waals surface area contributed by atoms with Crippen LogP contribution in [0.3, 0.4) is 0 Å². The Morgan fingerprint density at radius 2 is 2.05 bits per heavy atom. The van der Waals surface area contributed by atoms with Gasteiger partial charge in [0.1, 0.15) is 11.5 Å². The van der Waals surface area contributed by atoms with E-state index in [0.717, 1.165) is 42.8 Å². The molecule has 2 amide bonds. The number of carbonyl (C=O) groups is 1. The molecule has 0 atom stereocenters. The van der Waals surface area contributed by atoms with Crippen LogP contribution < -0.4 is 5.32 Å². The van der Waals surface area contributed by atoms with Gasteiger partial charge in [0.2, 0.25) is 0 Å². The van der Waals surface area contributed by atoms with E-state index in [1.54, 1.807) is 4.90 Å². The average Bonchev–Trinajstić information content (AvgIpc) is 2.82. The number of nitrogens with one attached hydrogen (secondary N) is 1. The van der Waals surface area contributed by atoms with Crippen molar-refractivity contribution in [3.8, 4) is 0 Å². The third kappa shape index (κ3) is 4.00. The van der Waals surface area contributed by atoms with Crippen molar-refractivity contribution in [2.24, 2.45) is 5.92 Å². The number of urea groups is 1. The molecule has 0 aromatic carbocycles. The maximum Gasteiger partial charge on any atom is 0.317 e. The summed E-state index contributed by atoms with van der Waals surface area (Å²) in [4.78, 5) is 14.0. The van der Waals surface area contributed by atoms with Gasteiger partial charge in [-0.2, -0.15) is 0 Å². The van der Waals surface area contributed by atoms with E-state index < -0.39 is 0 Å². The molecule has 0 radical (unpaired) electrons. The van der Waals surface area contributed by atoms with Crippen molar-refractivity contribution in [1.82, 2.24) is 10.2 Å². The van der Waals surface area contributed by atoms with E-state index in [4.69, 9.17) is 9.52 Å². The van der Waals surface area contributed by atoms with E-state index in [1.807, 2.05) is 27.0 Å². The molecule has 1 aliphatic rings. The van der Waals surface area contributed by atoms with Crippen LogP contribution in [0.5, 0.6) is 0 Å². The Balaban J connectivity index is 1.81. The number of carbonyl (C=O) groups excluding carboxylic acids is 1. The highest BCUT2D eigenvalue weighted by molar-refractivity contribution is 5.74. The molecule has 5 nitrogen and oxygen atoms in total. The first kappa shape index (κ1) is 15.9. The van der Waals surface area contributed by atoms with E-state index >= 15 is 0 Å². The number of hydrogen-bond acceptors (Lipinski definition) is 3. The van der Waals surface area contributed by atoms with Crippen LogP contribution in [0.2, 0.25) is 0 Å². The predicted octanol–water partition coefficient (Wildman–Crippen LogP) is 2.59. The molecule has 1 saturated carbocycles. The predicted molar refractivity (Wildman–Crippen MR) is 81.0 cm³/mol. The maximum atomic E-state index is 12.2. The Morgan fingerprint density at radius 1 is 1.38 bits per heavy atom. The van der Waals surface area contributed by atoms with Crippen LogP contribution in [0.4, 0.5) is 4.79 Å². The number of amides is 2. The molecular formula is C16H26N2O3. The number of aliphatic hydroxyl groups is 1. The lowest BCUT2D eigenvalue weighted by molar-refractivity contribution is 0.134. The van der Waals surface area contributed by atoms with E-state index in [0.29, 0.717) is 12.5 Å². The number of nitrogens with zero attached hydrogens (tertiary/aromatic N) is 1. The van der Waals surface area contributed by atoms with E-state index in [2.05, 4.69) is 5.32 Å². The summed E-state index contributed by atoms with van der Waals surface area (Å²) in [6.07, 6.45) is 3.94. The Labute approximate surface area is 126 Å². The average molecular weight is 294 g/mol. The number of furan rings is 1. The van der Waals surface area contributed by atoms with Crippen molar-refractivity contribution in [1.29, 1.82) is 0 Å². The molecular weight excluding hydrogens is 268 g/mol. The van der Waals surface area contributed by atoms with Crippen LogP contribution in [0.1, 0.15) is 42.8 Å². The highest BCUT2D eigenvalue weighted by atomic mass is 16.3. The second-order valence-corrected chi connectivity index (χ2v) is 6.07. The topological polar surface area (TPSA) is 65.7 Å². The second kappa shape index (κ2) is 6.98. The van der Waals surface area contributed by atoms with Crippen molar-refractivity contribution < 1.29 is 14.3 Å². The van der Waals surface area contributed by atoms with Gasteiger partial charge in [0, 0.05) is 31.8 Å². The monoisotopic (exact) mass is 294 g/mol. The maximum absolute atomic E-state index is 12.2. The van der Waals surface area contributed by atoms with Gasteiger partial charge in [0.15, 0.2) is 0 Å². The molecule has 1 aromatic heterocycles. The van der Waals surface area contributed by atoms with Gasteiger partial charge in [-0.15, -0.1) is 0 Å². The highest BCUT2D eigenvalue weighted by Crippen LogP contribution is 2.26. The first-order valence-corrected chi connectivity index (χ1v) is 7.68.